The number of aryl methyl sites for hydroxylation is 1. The molecule has 3 heteroatoms. The van der Waals surface area contributed by atoms with Crippen molar-refractivity contribution in [3.63, 3.8) is 0 Å². The minimum atomic E-state index is 0.317. The van der Waals surface area contributed by atoms with E-state index >= 15 is 0 Å². The average molecular weight is 435 g/mol. The van der Waals surface area contributed by atoms with Crippen molar-refractivity contribution in [3.05, 3.63) is 55.3 Å². The number of hydrogen-bond acceptors (Lipinski definition) is 1. The fourth-order valence-electron chi connectivity index (χ4n) is 1.88. The highest BCUT2D eigenvalue weighted by molar-refractivity contribution is 14.1. The second-order valence-electron chi connectivity index (χ2n) is 4.39. The summed E-state index contributed by atoms with van der Waals surface area (Å²) >= 11 is 7.96. The zero-order valence-electron chi connectivity index (χ0n) is 10.3. The highest BCUT2D eigenvalue weighted by Gasteiger charge is 2.11. The summed E-state index contributed by atoms with van der Waals surface area (Å²) in [6.07, 6.45) is 3.73. The Hall–Kier alpha value is 0.130. The average Bonchev–Trinajstić information content (AvgIpc) is 2.83. The van der Waals surface area contributed by atoms with Crippen molar-refractivity contribution in [2.24, 2.45) is 0 Å². The predicted molar refractivity (Wildman–Crippen MR) is 92.9 cm³/mol. The van der Waals surface area contributed by atoms with Gasteiger partial charge in [0.05, 0.1) is 7.71 Å². The lowest BCUT2D eigenvalue weighted by atomic mass is 10.0. The van der Waals surface area contributed by atoms with Crippen molar-refractivity contribution in [2.75, 3.05) is 0 Å². The van der Waals surface area contributed by atoms with Gasteiger partial charge in [0.25, 0.3) is 0 Å². The summed E-state index contributed by atoms with van der Waals surface area (Å²) in [4.78, 5) is 0.317. The number of unbranched alkanes of at least 4 members (excludes halogenated alkanes) is 1. The van der Waals surface area contributed by atoms with Crippen LogP contribution in [-0.4, -0.2) is 0 Å². The molecule has 1 aromatic heterocycles. The summed E-state index contributed by atoms with van der Waals surface area (Å²) < 4.78 is 1.34. The number of alkyl halides is 1. The van der Waals surface area contributed by atoms with E-state index in [9.17, 15) is 0 Å². The lowest BCUT2D eigenvalue weighted by Gasteiger charge is -2.09. The minimum absolute atomic E-state index is 0.317. The molecule has 0 fully saturated rings. The van der Waals surface area contributed by atoms with Crippen LogP contribution in [-0.2, 0) is 6.42 Å². The minimum Gasteiger partial charge on any atom is -0.137 e. The van der Waals surface area contributed by atoms with Crippen molar-refractivity contribution in [1.82, 2.24) is 0 Å². The predicted octanol–water partition coefficient (Wildman–Crippen LogP) is 6.18. The highest BCUT2D eigenvalue weighted by Crippen LogP contribution is 2.34. The van der Waals surface area contributed by atoms with Crippen LogP contribution in [0.4, 0.5) is 0 Å². The molecule has 18 heavy (non-hydrogen) atoms. The van der Waals surface area contributed by atoms with Crippen LogP contribution < -0.4 is 0 Å². The Labute approximate surface area is 135 Å². The summed E-state index contributed by atoms with van der Waals surface area (Å²) in [5.41, 5.74) is 4.13. The van der Waals surface area contributed by atoms with Gasteiger partial charge in [-0.3, -0.25) is 0 Å². The molecule has 0 saturated heterocycles. The zero-order valence-corrected chi connectivity index (χ0v) is 14.9. The molecule has 0 amide bonds. The first-order valence-electron chi connectivity index (χ1n) is 6.17. The first kappa shape index (κ1) is 14.5. The van der Waals surface area contributed by atoms with Crippen molar-refractivity contribution >= 4 is 49.9 Å². The largest absolute Gasteiger partial charge is 0.137 e. The quantitative estimate of drug-likeness (QED) is 0.389. The van der Waals surface area contributed by atoms with Crippen LogP contribution in [0.25, 0.3) is 0 Å². The van der Waals surface area contributed by atoms with Crippen molar-refractivity contribution < 1.29 is 0 Å². The molecule has 2 rings (SSSR count). The number of hydrogen-bond donors (Lipinski definition) is 0. The van der Waals surface area contributed by atoms with Crippen molar-refractivity contribution in [2.45, 2.75) is 31.0 Å². The maximum absolute atomic E-state index is 3.79. The summed E-state index contributed by atoms with van der Waals surface area (Å²) in [6.45, 7) is 2.24. The van der Waals surface area contributed by atoms with Crippen LogP contribution in [0, 0.1) is 2.88 Å². The van der Waals surface area contributed by atoms with Crippen molar-refractivity contribution in [3.8, 4) is 0 Å². The molecule has 0 spiro atoms. The molecule has 1 unspecified atom stereocenters. The van der Waals surface area contributed by atoms with E-state index < -0.39 is 0 Å². The first-order valence-corrected chi connectivity index (χ1v) is 9.05. The Bertz CT molecular complexity index is 489. The number of rotatable bonds is 5. The van der Waals surface area contributed by atoms with Crippen LogP contribution in [0.3, 0.4) is 0 Å². The van der Waals surface area contributed by atoms with E-state index in [1.165, 1.54) is 38.8 Å². The Kier molecular flexibility index (Phi) is 5.70. The standard InChI is InChI=1S/C15H16BrIS/c1-2-3-4-11-5-7-12(8-6-11)15(16)13-9-14(17)18-10-13/h5-10,15H,2-4H2,1H3. The second kappa shape index (κ2) is 7.06. The highest BCUT2D eigenvalue weighted by atomic mass is 127. The van der Waals surface area contributed by atoms with Crippen LogP contribution in [0.1, 0.15) is 41.3 Å². The van der Waals surface area contributed by atoms with E-state index in [1.807, 2.05) is 0 Å². The molecule has 1 heterocycles. The summed E-state index contributed by atoms with van der Waals surface area (Å²) in [7, 11) is 0. The summed E-state index contributed by atoms with van der Waals surface area (Å²) in [5.74, 6) is 0. The van der Waals surface area contributed by atoms with Gasteiger partial charge in [0.1, 0.15) is 0 Å². The zero-order chi connectivity index (χ0) is 13.0. The second-order valence-corrected chi connectivity index (χ2v) is 8.11. The van der Waals surface area contributed by atoms with Gasteiger partial charge in [0.15, 0.2) is 0 Å². The smallest absolute Gasteiger partial charge is 0.0656 e. The Morgan fingerprint density at radius 1 is 1.22 bits per heavy atom. The van der Waals surface area contributed by atoms with Gasteiger partial charge >= 0.3 is 0 Å². The van der Waals surface area contributed by atoms with Gasteiger partial charge in [-0.15, -0.1) is 11.3 Å². The molecule has 2 aromatic rings. The van der Waals surface area contributed by atoms with Gasteiger partial charge in [0.2, 0.25) is 0 Å². The monoisotopic (exact) mass is 434 g/mol. The topological polar surface area (TPSA) is 0 Å². The molecule has 0 nitrogen and oxygen atoms in total. The number of benzene rings is 1. The summed E-state index contributed by atoms with van der Waals surface area (Å²) in [5, 5.41) is 2.23. The molecular weight excluding hydrogens is 419 g/mol. The van der Waals surface area contributed by atoms with Gasteiger partial charge in [-0.1, -0.05) is 53.5 Å². The van der Waals surface area contributed by atoms with Crippen molar-refractivity contribution in [1.29, 1.82) is 0 Å². The first-order chi connectivity index (χ1) is 8.70. The van der Waals surface area contributed by atoms with E-state index in [1.54, 1.807) is 11.3 Å². The third-order valence-corrected chi connectivity index (χ3v) is 5.84. The maximum Gasteiger partial charge on any atom is 0.0656 e. The molecule has 0 N–H and O–H groups in total. The van der Waals surface area contributed by atoms with E-state index in [-0.39, 0.29) is 0 Å². The fraction of sp³-hybridized carbons (Fsp3) is 0.333. The molecular formula is C15H16BrIS. The number of halogens is 2. The SMILES string of the molecule is CCCCc1ccc(C(Br)c2csc(I)c2)cc1. The van der Waals surface area contributed by atoms with E-state index in [4.69, 9.17) is 0 Å². The molecule has 1 aromatic carbocycles. The van der Waals surface area contributed by atoms with Gasteiger partial charge in [-0.05, 0) is 63.6 Å². The third kappa shape index (κ3) is 3.81. The lowest BCUT2D eigenvalue weighted by molar-refractivity contribution is 0.795. The van der Waals surface area contributed by atoms with E-state index in [0.717, 1.165) is 0 Å². The van der Waals surface area contributed by atoms with Gasteiger partial charge in [-0.25, -0.2) is 0 Å². The number of thiophene rings is 1. The van der Waals surface area contributed by atoms with Gasteiger partial charge in [-0.2, -0.15) is 0 Å². The van der Waals surface area contributed by atoms with Crippen LogP contribution in [0.15, 0.2) is 35.7 Å². The maximum atomic E-state index is 3.79. The fourth-order valence-corrected chi connectivity index (χ4v) is 4.03. The molecule has 0 bridgehead atoms. The van der Waals surface area contributed by atoms with Gasteiger partial charge in [0, 0.05) is 0 Å². The molecule has 96 valence electrons. The molecule has 0 aliphatic rings. The Balaban J connectivity index is 2.09. The molecule has 0 saturated carbocycles. The Morgan fingerprint density at radius 2 is 1.94 bits per heavy atom. The van der Waals surface area contributed by atoms with Gasteiger partial charge < -0.3 is 0 Å². The Morgan fingerprint density at radius 3 is 2.50 bits per heavy atom. The van der Waals surface area contributed by atoms with Crippen LogP contribution in [0.2, 0.25) is 0 Å². The third-order valence-electron chi connectivity index (χ3n) is 2.97. The van der Waals surface area contributed by atoms with E-state index in [0.29, 0.717) is 4.83 Å². The summed E-state index contributed by atoms with van der Waals surface area (Å²) in [6, 6.07) is 11.3. The molecule has 0 aliphatic carbocycles. The molecule has 0 aliphatic heterocycles. The van der Waals surface area contributed by atoms with E-state index in [2.05, 4.69) is 81.2 Å². The normalized spacial score (nSPS) is 12.6. The van der Waals surface area contributed by atoms with Crippen LogP contribution in [0.5, 0.6) is 0 Å². The van der Waals surface area contributed by atoms with Crippen LogP contribution >= 0.6 is 49.9 Å². The lowest BCUT2D eigenvalue weighted by Crippen LogP contribution is -1.92. The molecule has 0 radical (unpaired) electrons. The molecule has 1 atom stereocenters.